The van der Waals surface area contributed by atoms with Crippen LogP contribution in [0.1, 0.15) is 12.0 Å². The van der Waals surface area contributed by atoms with Gasteiger partial charge in [0, 0.05) is 44.8 Å². The summed E-state index contributed by atoms with van der Waals surface area (Å²) in [5.41, 5.74) is 1.44. The van der Waals surface area contributed by atoms with E-state index in [9.17, 15) is 0 Å². The lowest BCUT2D eigenvalue weighted by atomic mass is 10.1. The van der Waals surface area contributed by atoms with Gasteiger partial charge in [-0.25, -0.2) is 0 Å². The summed E-state index contributed by atoms with van der Waals surface area (Å²) in [4.78, 5) is 5.17. The zero-order valence-electron chi connectivity index (χ0n) is 11.2. The maximum absolute atomic E-state index is 3.36. The molecule has 0 aliphatic carbocycles. The first-order valence-electron chi connectivity index (χ1n) is 7.02. The number of benzene rings is 1. The minimum Gasteiger partial charge on any atom is -0.314 e. The normalized spacial score (nSPS) is 25.6. The van der Waals surface area contributed by atoms with Crippen LogP contribution in [0.3, 0.4) is 0 Å². The molecular weight excluding hydrogens is 222 g/mol. The van der Waals surface area contributed by atoms with Crippen molar-refractivity contribution in [2.24, 2.45) is 0 Å². The third-order valence-electron chi connectivity index (χ3n) is 4.41. The van der Waals surface area contributed by atoms with Crippen LogP contribution in [0.15, 0.2) is 30.3 Å². The van der Waals surface area contributed by atoms with Crippen LogP contribution in [0, 0.1) is 0 Å². The van der Waals surface area contributed by atoms with Gasteiger partial charge < -0.3 is 5.32 Å². The highest BCUT2D eigenvalue weighted by molar-refractivity contribution is 5.14. The molecule has 2 aliphatic heterocycles. The number of likely N-dealkylation sites (tertiary alicyclic amines) is 1. The van der Waals surface area contributed by atoms with E-state index >= 15 is 0 Å². The van der Waals surface area contributed by atoms with Crippen LogP contribution in [-0.2, 0) is 6.54 Å². The van der Waals surface area contributed by atoms with Crippen molar-refractivity contribution >= 4 is 0 Å². The third-order valence-corrected chi connectivity index (χ3v) is 4.41. The summed E-state index contributed by atoms with van der Waals surface area (Å²) in [5.74, 6) is 0. The Kier molecular flexibility index (Phi) is 3.64. The second kappa shape index (κ2) is 5.39. The molecule has 3 rings (SSSR count). The number of likely N-dealkylation sites (N-methyl/N-ethyl adjacent to an activating group) is 1. The lowest BCUT2D eigenvalue weighted by Gasteiger charge is -2.39. The van der Waals surface area contributed by atoms with Gasteiger partial charge in [-0.05, 0) is 19.0 Å². The molecule has 2 fully saturated rings. The van der Waals surface area contributed by atoms with Crippen LogP contribution >= 0.6 is 0 Å². The van der Waals surface area contributed by atoms with Gasteiger partial charge >= 0.3 is 0 Å². The van der Waals surface area contributed by atoms with Gasteiger partial charge in [-0.1, -0.05) is 30.3 Å². The minimum atomic E-state index is 0.751. The lowest BCUT2D eigenvalue weighted by Crippen LogP contribution is -2.58. The van der Waals surface area contributed by atoms with Crippen molar-refractivity contribution in [2.75, 3.05) is 33.2 Å². The number of hydrogen-bond donors (Lipinski definition) is 1. The van der Waals surface area contributed by atoms with Crippen molar-refractivity contribution in [1.29, 1.82) is 0 Å². The Labute approximate surface area is 110 Å². The number of rotatable bonds is 4. The van der Waals surface area contributed by atoms with Crippen LogP contribution in [0.2, 0.25) is 0 Å². The van der Waals surface area contributed by atoms with Crippen LogP contribution in [-0.4, -0.2) is 55.1 Å². The second-order valence-corrected chi connectivity index (χ2v) is 5.64. The van der Waals surface area contributed by atoms with E-state index in [2.05, 4.69) is 52.5 Å². The Hall–Kier alpha value is -0.900. The summed E-state index contributed by atoms with van der Waals surface area (Å²) >= 11 is 0. The average Bonchev–Trinajstić information content (AvgIpc) is 2.76. The highest BCUT2D eigenvalue weighted by Crippen LogP contribution is 2.19. The Balaban J connectivity index is 1.52. The first-order chi connectivity index (χ1) is 8.83. The van der Waals surface area contributed by atoms with Gasteiger partial charge in [-0.2, -0.15) is 0 Å². The summed E-state index contributed by atoms with van der Waals surface area (Å²) in [5, 5.41) is 3.36. The van der Waals surface area contributed by atoms with Crippen LogP contribution < -0.4 is 5.32 Å². The van der Waals surface area contributed by atoms with E-state index in [1.807, 2.05) is 0 Å². The molecule has 0 bridgehead atoms. The van der Waals surface area contributed by atoms with E-state index in [1.165, 1.54) is 38.2 Å². The molecule has 0 radical (unpaired) electrons. The summed E-state index contributed by atoms with van der Waals surface area (Å²) in [7, 11) is 2.29. The Bertz CT molecular complexity index is 375. The molecule has 1 aromatic carbocycles. The van der Waals surface area contributed by atoms with Gasteiger partial charge in [-0.3, -0.25) is 9.80 Å². The van der Waals surface area contributed by atoms with Crippen LogP contribution in [0.5, 0.6) is 0 Å². The first-order valence-corrected chi connectivity index (χ1v) is 7.02. The Morgan fingerprint density at radius 3 is 2.67 bits per heavy atom. The molecule has 2 saturated heterocycles. The molecule has 0 spiro atoms. The number of nitrogens with zero attached hydrogens (tertiary/aromatic N) is 2. The van der Waals surface area contributed by atoms with Crippen molar-refractivity contribution < 1.29 is 0 Å². The maximum Gasteiger partial charge on any atom is 0.0345 e. The third kappa shape index (κ3) is 2.58. The Morgan fingerprint density at radius 2 is 2.00 bits per heavy atom. The fourth-order valence-electron chi connectivity index (χ4n) is 2.99. The fourth-order valence-corrected chi connectivity index (χ4v) is 2.99. The van der Waals surface area contributed by atoms with E-state index in [-0.39, 0.29) is 0 Å². The van der Waals surface area contributed by atoms with E-state index in [1.54, 1.807) is 0 Å². The summed E-state index contributed by atoms with van der Waals surface area (Å²) in [6.07, 6.45) is 1.32. The lowest BCUT2D eigenvalue weighted by molar-refractivity contribution is 0.127. The molecule has 0 amide bonds. The standard InChI is InChI=1S/C15H23N3/c1-17(15-9-16-10-15)14-7-8-18(12-14)11-13-5-3-2-4-6-13/h2-6,14-16H,7-12H2,1H3. The molecule has 3 heteroatoms. The highest BCUT2D eigenvalue weighted by Gasteiger charge is 2.31. The van der Waals surface area contributed by atoms with Crippen molar-refractivity contribution in [3.63, 3.8) is 0 Å². The second-order valence-electron chi connectivity index (χ2n) is 5.64. The predicted octanol–water partition coefficient (Wildman–Crippen LogP) is 1.16. The molecule has 1 atom stereocenters. The van der Waals surface area contributed by atoms with Crippen LogP contribution in [0.4, 0.5) is 0 Å². The molecule has 1 aromatic rings. The van der Waals surface area contributed by atoms with E-state index in [0.717, 1.165) is 18.6 Å². The maximum atomic E-state index is 3.36. The van der Waals surface area contributed by atoms with Gasteiger partial charge in [0.1, 0.15) is 0 Å². The number of hydrogen-bond acceptors (Lipinski definition) is 3. The SMILES string of the molecule is CN(C1CNC1)C1CCN(Cc2ccccc2)C1. The van der Waals surface area contributed by atoms with Gasteiger partial charge in [0.05, 0.1) is 0 Å². The molecule has 18 heavy (non-hydrogen) atoms. The highest BCUT2D eigenvalue weighted by atomic mass is 15.3. The topological polar surface area (TPSA) is 18.5 Å². The van der Waals surface area contributed by atoms with Crippen molar-refractivity contribution in [2.45, 2.75) is 25.0 Å². The predicted molar refractivity (Wildman–Crippen MR) is 74.5 cm³/mol. The largest absolute Gasteiger partial charge is 0.314 e. The molecule has 2 aliphatic rings. The first kappa shape index (κ1) is 12.2. The molecule has 0 aromatic heterocycles. The number of nitrogens with one attached hydrogen (secondary N) is 1. The van der Waals surface area contributed by atoms with Gasteiger partial charge in [-0.15, -0.1) is 0 Å². The fraction of sp³-hybridized carbons (Fsp3) is 0.600. The molecule has 1 N–H and O–H groups in total. The van der Waals surface area contributed by atoms with Crippen molar-refractivity contribution in [1.82, 2.24) is 15.1 Å². The molecule has 1 unspecified atom stereocenters. The molecule has 0 saturated carbocycles. The minimum absolute atomic E-state index is 0.751. The Morgan fingerprint density at radius 1 is 1.22 bits per heavy atom. The zero-order valence-corrected chi connectivity index (χ0v) is 11.2. The molecule has 3 nitrogen and oxygen atoms in total. The van der Waals surface area contributed by atoms with E-state index < -0.39 is 0 Å². The summed E-state index contributed by atoms with van der Waals surface area (Å²) in [6, 6.07) is 12.3. The van der Waals surface area contributed by atoms with Crippen molar-refractivity contribution in [3.8, 4) is 0 Å². The monoisotopic (exact) mass is 245 g/mol. The average molecular weight is 245 g/mol. The van der Waals surface area contributed by atoms with Gasteiger partial charge in [0.25, 0.3) is 0 Å². The van der Waals surface area contributed by atoms with Gasteiger partial charge in [0.15, 0.2) is 0 Å². The molecule has 2 heterocycles. The molecule has 98 valence electrons. The quantitative estimate of drug-likeness (QED) is 0.859. The van der Waals surface area contributed by atoms with Gasteiger partial charge in [0.2, 0.25) is 0 Å². The summed E-state index contributed by atoms with van der Waals surface area (Å²) < 4.78 is 0. The smallest absolute Gasteiger partial charge is 0.0345 e. The summed E-state index contributed by atoms with van der Waals surface area (Å²) in [6.45, 7) is 5.91. The van der Waals surface area contributed by atoms with Crippen molar-refractivity contribution in [3.05, 3.63) is 35.9 Å². The molecular formula is C15H23N3. The zero-order chi connectivity index (χ0) is 12.4. The van der Waals surface area contributed by atoms with E-state index in [0.29, 0.717) is 0 Å². The van der Waals surface area contributed by atoms with Crippen LogP contribution in [0.25, 0.3) is 0 Å². The van der Waals surface area contributed by atoms with E-state index in [4.69, 9.17) is 0 Å².